The number of likely N-dealkylation sites (tertiary alicyclic amines) is 1. The van der Waals surface area contributed by atoms with Crippen molar-refractivity contribution in [3.05, 3.63) is 60.2 Å². The molecule has 2 aromatic rings. The van der Waals surface area contributed by atoms with E-state index in [0.29, 0.717) is 4.90 Å². The number of sulfonamides is 1. The number of halogens is 3. The first kappa shape index (κ1) is 27.0. The summed E-state index contributed by atoms with van der Waals surface area (Å²) < 4.78 is 65.3. The molecule has 1 aliphatic heterocycles. The van der Waals surface area contributed by atoms with Gasteiger partial charge in [-0.05, 0) is 74.0 Å². The van der Waals surface area contributed by atoms with Gasteiger partial charge in [0.25, 0.3) is 0 Å². The lowest BCUT2D eigenvalue weighted by Gasteiger charge is -2.54. The van der Waals surface area contributed by atoms with Crippen molar-refractivity contribution in [1.29, 1.82) is 0 Å². The zero-order valence-electron chi connectivity index (χ0n) is 19.3. The van der Waals surface area contributed by atoms with Gasteiger partial charge >= 0.3 is 12.1 Å². The molecule has 192 valence electrons. The summed E-state index contributed by atoms with van der Waals surface area (Å²) in [4.78, 5) is 11.7. The number of carboxylic acids is 1. The van der Waals surface area contributed by atoms with Crippen molar-refractivity contribution in [3.8, 4) is 5.75 Å². The number of ether oxygens (including phenoxy) is 1. The maximum absolute atomic E-state index is 12.7. The normalized spacial score (nSPS) is 19.8. The Morgan fingerprint density at radius 3 is 2.11 bits per heavy atom. The van der Waals surface area contributed by atoms with Crippen molar-refractivity contribution in [2.75, 3.05) is 20.2 Å². The number of rotatable bonds is 6. The zero-order valence-corrected chi connectivity index (χ0v) is 20.1. The van der Waals surface area contributed by atoms with Gasteiger partial charge in [-0.1, -0.05) is 30.3 Å². The van der Waals surface area contributed by atoms with Gasteiger partial charge < -0.3 is 9.84 Å². The Hall–Kier alpha value is -2.63. The minimum absolute atomic E-state index is 0.0563. The van der Waals surface area contributed by atoms with Crippen LogP contribution in [0.2, 0.25) is 0 Å². The van der Waals surface area contributed by atoms with Crippen LogP contribution in [-0.4, -0.2) is 56.8 Å². The fourth-order valence-corrected chi connectivity index (χ4v) is 5.87. The van der Waals surface area contributed by atoms with Crippen LogP contribution in [0.3, 0.4) is 0 Å². The van der Waals surface area contributed by atoms with Crippen LogP contribution in [0.15, 0.2) is 59.5 Å². The van der Waals surface area contributed by atoms with Crippen LogP contribution >= 0.6 is 0 Å². The molecule has 1 unspecified atom stereocenters. The van der Waals surface area contributed by atoms with Crippen molar-refractivity contribution >= 4 is 16.0 Å². The Labute approximate surface area is 202 Å². The number of benzene rings is 2. The van der Waals surface area contributed by atoms with Crippen LogP contribution in [0, 0.1) is 5.41 Å². The van der Waals surface area contributed by atoms with Crippen LogP contribution < -0.4 is 9.46 Å². The van der Waals surface area contributed by atoms with Gasteiger partial charge in [0.05, 0.1) is 12.0 Å². The lowest BCUT2D eigenvalue weighted by molar-refractivity contribution is -0.192. The molecule has 0 radical (unpaired) electrons. The van der Waals surface area contributed by atoms with E-state index in [2.05, 4.69) is 21.8 Å². The molecule has 1 heterocycles. The van der Waals surface area contributed by atoms with Gasteiger partial charge in [-0.15, -0.1) is 0 Å². The summed E-state index contributed by atoms with van der Waals surface area (Å²) in [6, 6.07) is 17.0. The molecule has 4 rings (SSSR count). The Bertz CT molecular complexity index is 1080. The molecule has 7 nitrogen and oxygen atoms in total. The minimum Gasteiger partial charge on any atom is -0.497 e. The van der Waals surface area contributed by atoms with E-state index in [0.717, 1.165) is 51.1 Å². The SMILES string of the molecule is COc1ccc(CN2CCC3(CCC3NS(=O)(=O)c3ccccc3)CC2)cc1.O=C(O)C(F)(F)F. The summed E-state index contributed by atoms with van der Waals surface area (Å²) in [5.74, 6) is -1.88. The summed E-state index contributed by atoms with van der Waals surface area (Å²) >= 11 is 0. The lowest BCUT2D eigenvalue weighted by Crippen LogP contribution is -2.58. The Kier molecular flexibility index (Phi) is 8.45. The molecule has 0 bridgehead atoms. The maximum Gasteiger partial charge on any atom is 0.490 e. The van der Waals surface area contributed by atoms with Gasteiger partial charge in [0.1, 0.15) is 5.75 Å². The molecule has 1 saturated carbocycles. The van der Waals surface area contributed by atoms with E-state index in [-0.39, 0.29) is 11.5 Å². The average molecular weight is 515 g/mol. The minimum atomic E-state index is -5.08. The van der Waals surface area contributed by atoms with Crippen LogP contribution in [0.5, 0.6) is 5.75 Å². The predicted molar refractivity (Wildman–Crippen MR) is 123 cm³/mol. The third-order valence-electron chi connectivity index (χ3n) is 6.68. The molecule has 1 saturated heterocycles. The summed E-state index contributed by atoms with van der Waals surface area (Å²) in [5, 5.41) is 7.12. The van der Waals surface area contributed by atoms with E-state index >= 15 is 0 Å². The fourth-order valence-electron chi connectivity index (χ4n) is 4.48. The first-order valence-corrected chi connectivity index (χ1v) is 12.7. The lowest BCUT2D eigenvalue weighted by atomic mass is 9.59. The third kappa shape index (κ3) is 6.96. The second-order valence-electron chi connectivity index (χ2n) is 8.82. The summed E-state index contributed by atoms with van der Waals surface area (Å²) in [6.45, 7) is 2.95. The molecule has 2 aliphatic rings. The zero-order chi connectivity index (χ0) is 25.7. The van der Waals surface area contributed by atoms with Crippen LogP contribution in [0.25, 0.3) is 0 Å². The standard InChI is InChI=1S/C22H28N2O3S.C2HF3O2/c1-27-19-9-7-18(8-10-19)17-24-15-13-22(14-16-24)12-11-21(22)23-28(25,26)20-5-3-2-4-6-20;3-2(4,5)1(6)7/h2-10,21,23H,11-17H2,1H3;(H,6,7). The number of hydrogen-bond donors (Lipinski definition) is 2. The van der Waals surface area contributed by atoms with Gasteiger partial charge in [-0.3, -0.25) is 4.90 Å². The molecule has 35 heavy (non-hydrogen) atoms. The molecular weight excluding hydrogens is 485 g/mol. The maximum atomic E-state index is 12.7. The Morgan fingerprint density at radius 1 is 1.09 bits per heavy atom. The highest BCUT2D eigenvalue weighted by Crippen LogP contribution is 2.49. The highest BCUT2D eigenvalue weighted by atomic mass is 32.2. The highest BCUT2D eigenvalue weighted by molar-refractivity contribution is 7.89. The van der Waals surface area contributed by atoms with Crippen molar-refractivity contribution in [3.63, 3.8) is 0 Å². The van der Waals surface area contributed by atoms with Gasteiger partial charge in [0, 0.05) is 12.6 Å². The number of hydrogen-bond acceptors (Lipinski definition) is 5. The number of carboxylic acid groups (broad SMARTS) is 1. The Morgan fingerprint density at radius 2 is 1.66 bits per heavy atom. The van der Waals surface area contributed by atoms with E-state index in [1.165, 1.54) is 5.56 Å². The molecule has 1 atom stereocenters. The summed E-state index contributed by atoms with van der Waals surface area (Å²) in [6.07, 6.45) is -0.938. The fraction of sp³-hybridized carbons (Fsp3) is 0.458. The molecule has 11 heteroatoms. The van der Waals surface area contributed by atoms with E-state index in [4.69, 9.17) is 14.6 Å². The van der Waals surface area contributed by atoms with Gasteiger partial charge in [-0.2, -0.15) is 13.2 Å². The van der Waals surface area contributed by atoms with Crippen LogP contribution in [-0.2, 0) is 21.4 Å². The largest absolute Gasteiger partial charge is 0.497 e. The van der Waals surface area contributed by atoms with E-state index in [1.54, 1.807) is 31.4 Å². The molecule has 0 amide bonds. The van der Waals surface area contributed by atoms with Gasteiger partial charge in [0.2, 0.25) is 10.0 Å². The monoisotopic (exact) mass is 514 g/mol. The molecule has 2 N–H and O–H groups in total. The number of aliphatic carboxylic acids is 1. The smallest absolute Gasteiger partial charge is 0.490 e. The molecule has 1 spiro atoms. The van der Waals surface area contributed by atoms with Gasteiger partial charge in [0.15, 0.2) is 0 Å². The van der Waals surface area contributed by atoms with Crippen molar-refractivity contribution in [1.82, 2.24) is 9.62 Å². The number of nitrogens with zero attached hydrogens (tertiary/aromatic N) is 1. The van der Waals surface area contributed by atoms with Crippen LogP contribution in [0.4, 0.5) is 13.2 Å². The highest BCUT2D eigenvalue weighted by Gasteiger charge is 2.49. The van der Waals surface area contributed by atoms with Crippen molar-refractivity contribution in [2.24, 2.45) is 5.41 Å². The van der Waals surface area contributed by atoms with Gasteiger partial charge in [-0.25, -0.2) is 17.9 Å². The number of carbonyl (C=O) groups is 1. The van der Waals surface area contributed by atoms with E-state index in [9.17, 15) is 21.6 Å². The topological polar surface area (TPSA) is 95.9 Å². The molecule has 1 aliphatic carbocycles. The first-order valence-electron chi connectivity index (χ1n) is 11.2. The quantitative estimate of drug-likeness (QED) is 0.604. The number of nitrogens with one attached hydrogen (secondary N) is 1. The predicted octanol–water partition coefficient (Wildman–Crippen LogP) is 4.05. The molecule has 2 aromatic carbocycles. The average Bonchev–Trinajstić information content (AvgIpc) is 2.83. The van der Waals surface area contributed by atoms with E-state index in [1.807, 2.05) is 18.2 Å². The summed E-state index contributed by atoms with van der Waals surface area (Å²) in [7, 11) is -1.76. The van der Waals surface area contributed by atoms with E-state index < -0.39 is 22.2 Å². The Balaban J connectivity index is 0.000000429. The third-order valence-corrected chi connectivity index (χ3v) is 8.17. The molecule has 0 aromatic heterocycles. The van der Waals surface area contributed by atoms with Crippen molar-refractivity contribution in [2.45, 2.75) is 49.3 Å². The second-order valence-corrected chi connectivity index (χ2v) is 10.5. The first-order chi connectivity index (χ1) is 16.4. The number of methoxy groups -OCH3 is 1. The summed E-state index contributed by atoms with van der Waals surface area (Å²) in [5.41, 5.74) is 1.41. The molecular formula is C24H29F3N2O5S. The molecule has 2 fully saturated rings. The number of piperidine rings is 1. The van der Waals surface area contributed by atoms with Crippen LogP contribution in [0.1, 0.15) is 31.2 Å². The number of alkyl halides is 3. The van der Waals surface area contributed by atoms with Crippen molar-refractivity contribution < 1.29 is 36.2 Å². The second kappa shape index (κ2) is 11.0.